The van der Waals surface area contributed by atoms with Crippen molar-refractivity contribution in [2.75, 3.05) is 14.2 Å². The normalized spacial score (nSPS) is 14.1. The highest BCUT2D eigenvalue weighted by Crippen LogP contribution is 2.20. The second-order valence-corrected chi connectivity index (χ2v) is 6.65. The van der Waals surface area contributed by atoms with E-state index in [1.54, 1.807) is 0 Å². The van der Waals surface area contributed by atoms with Gasteiger partial charge in [0, 0.05) is 12.8 Å². The second kappa shape index (κ2) is 11.1. The Bertz CT molecular complexity index is 561. The highest BCUT2D eigenvalue weighted by Gasteiger charge is 2.41. The third-order valence-corrected chi connectivity index (χ3v) is 3.97. The lowest BCUT2D eigenvalue weighted by Gasteiger charge is -2.28. The van der Waals surface area contributed by atoms with Crippen LogP contribution in [0.4, 0.5) is 0 Å². The number of hydrogen-bond donors (Lipinski definition) is 3. The van der Waals surface area contributed by atoms with Crippen LogP contribution in [0.1, 0.15) is 34.1 Å². The Morgan fingerprint density at radius 3 is 1.74 bits per heavy atom. The number of carbonyl (C=O) groups excluding carboxylic acids is 5. The summed E-state index contributed by atoms with van der Waals surface area (Å²) >= 11 is 0. The van der Waals surface area contributed by atoms with E-state index in [4.69, 9.17) is 5.73 Å². The largest absolute Gasteiger partial charge is 0.468 e. The minimum absolute atomic E-state index is 0.0786. The molecule has 0 aromatic rings. The van der Waals surface area contributed by atoms with E-state index in [0.29, 0.717) is 6.42 Å². The average molecular weight is 387 g/mol. The molecule has 0 aliphatic heterocycles. The summed E-state index contributed by atoms with van der Waals surface area (Å²) in [6.45, 7) is 6.38. The van der Waals surface area contributed by atoms with Gasteiger partial charge in [-0.15, -0.1) is 0 Å². The number of nitrogens with two attached hydrogens (primary N) is 1. The first-order valence-corrected chi connectivity index (χ1v) is 8.48. The van der Waals surface area contributed by atoms with E-state index in [1.165, 1.54) is 13.8 Å². The molecule has 27 heavy (non-hydrogen) atoms. The Morgan fingerprint density at radius 2 is 1.41 bits per heavy atom. The van der Waals surface area contributed by atoms with Crippen LogP contribution < -0.4 is 16.4 Å². The number of ether oxygens (including phenoxy) is 2. The first kappa shape index (κ1) is 24.4. The van der Waals surface area contributed by atoms with Crippen LogP contribution in [0.2, 0.25) is 0 Å². The molecule has 0 saturated carbocycles. The van der Waals surface area contributed by atoms with Gasteiger partial charge in [-0.3, -0.25) is 24.0 Å². The number of esters is 2. The maximum absolute atomic E-state index is 12.6. The van der Waals surface area contributed by atoms with Gasteiger partial charge in [0.1, 0.15) is 12.1 Å². The van der Waals surface area contributed by atoms with E-state index in [-0.39, 0.29) is 5.92 Å². The zero-order chi connectivity index (χ0) is 21.3. The minimum Gasteiger partial charge on any atom is -0.468 e. The van der Waals surface area contributed by atoms with Crippen LogP contribution in [0.5, 0.6) is 0 Å². The Morgan fingerprint density at radius 1 is 0.926 bits per heavy atom. The number of methoxy groups -OCH3 is 2. The highest BCUT2D eigenvalue weighted by molar-refractivity contribution is 5.97. The molecule has 10 heteroatoms. The lowest BCUT2D eigenvalue weighted by molar-refractivity contribution is -0.162. The van der Waals surface area contributed by atoms with Gasteiger partial charge in [-0.25, -0.2) is 0 Å². The van der Waals surface area contributed by atoms with Gasteiger partial charge in [0.2, 0.25) is 17.7 Å². The first-order valence-electron chi connectivity index (χ1n) is 8.48. The summed E-state index contributed by atoms with van der Waals surface area (Å²) in [5.74, 6) is -6.27. The number of carbonyl (C=O) groups is 5. The number of primary amides is 1. The van der Waals surface area contributed by atoms with Crippen molar-refractivity contribution in [1.82, 2.24) is 10.6 Å². The highest BCUT2D eigenvalue weighted by atomic mass is 16.5. The van der Waals surface area contributed by atoms with Crippen LogP contribution in [-0.2, 0) is 33.4 Å². The van der Waals surface area contributed by atoms with E-state index in [0.717, 1.165) is 14.2 Å². The standard InChI is InChI=1S/C17H29N3O7/c1-8(2)7-11(19-10(4)21)15(23)20-13(14(18)22)9(3)12(16(24)26-5)17(25)27-6/h8-9,11-13H,7H2,1-6H3,(H2,18,22)(H,19,21)(H,20,23)/t9-,11-,13-/m0/s1. The van der Waals surface area contributed by atoms with Crippen LogP contribution in [-0.4, -0.2) is 56.0 Å². The van der Waals surface area contributed by atoms with Crippen LogP contribution >= 0.6 is 0 Å². The fourth-order valence-corrected chi connectivity index (χ4v) is 2.64. The SMILES string of the molecule is COC(=O)C(C(=O)OC)[C@H](C)[C@H](NC(=O)[C@H](CC(C)C)NC(C)=O)C(N)=O. The Kier molecular flexibility index (Phi) is 10.1. The second-order valence-electron chi connectivity index (χ2n) is 6.65. The summed E-state index contributed by atoms with van der Waals surface area (Å²) in [6.07, 6.45) is 0.322. The van der Waals surface area contributed by atoms with Gasteiger partial charge in [0.05, 0.1) is 14.2 Å². The molecule has 0 fully saturated rings. The molecule has 3 atom stereocenters. The number of nitrogens with one attached hydrogen (secondary N) is 2. The average Bonchev–Trinajstić information content (AvgIpc) is 2.57. The fourth-order valence-electron chi connectivity index (χ4n) is 2.64. The Labute approximate surface area is 158 Å². The van der Waals surface area contributed by atoms with Gasteiger partial charge in [0.15, 0.2) is 5.92 Å². The molecule has 10 nitrogen and oxygen atoms in total. The molecule has 3 amide bonds. The predicted molar refractivity (Wildman–Crippen MR) is 94.9 cm³/mol. The molecule has 0 radical (unpaired) electrons. The third-order valence-electron chi connectivity index (χ3n) is 3.97. The van der Waals surface area contributed by atoms with Gasteiger partial charge < -0.3 is 25.8 Å². The van der Waals surface area contributed by atoms with Crippen molar-refractivity contribution in [2.24, 2.45) is 23.5 Å². The maximum Gasteiger partial charge on any atom is 0.320 e. The van der Waals surface area contributed by atoms with Crippen LogP contribution in [0.25, 0.3) is 0 Å². The molecule has 0 unspecified atom stereocenters. The van der Waals surface area contributed by atoms with E-state index < -0.39 is 53.6 Å². The molecule has 0 bridgehead atoms. The molecule has 0 aromatic carbocycles. The minimum atomic E-state index is -1.46. The lowest BCUT2D eigenvalue weighted by atomic mass is 9.86. The summed E-state index contributed by atoms with van der Waals surface area (Å²) in [4.78, 5) is 59.7. The van der Waals surface area contributed by atoms with Crippen molar-refractivity contribution >= 4 is 29.7 Å². The molecule has 0 aliphatic rings. The van der Waals surface area contributed by atoms with E-state index in [9.17, 15) is 24.0 Å². The van der Waals surface area contributed by atoms with Gasteiger partial charge in [-0.1, -0.05) is 20.8 Å². The third kappa shape index (κ3) is 7.63. The van der Waals surface area contributed by atoms with Gasteiger partial charge in [-0.2, -0.15) is 0 Å². The van der Waals surface area contributed by atoms with Crippen LogP contribution in [0.3, 0.4) is 0 Å². The van der Waals surface area contributed by atoms with E-state index in [1.807, 2.05) is 13.8 Å². The molecule has 4 N–H and O–H groups in total. The molecule has 0 saturated heterocycles. The van der Waals surface area contributed by atoms with Crippen molar-refractivity contribution in [3.63, 3.8) is 0 Å². The van der Waals surface area contributed by atoms with Gasteiger partial charge >= 0.3 is 11.9 Å². The monoisotopic (exact) mass is 387 g/mol. The molecule has 0 heterocycles. The zero-order valence-electron chi connectivity index (χ0n) is 16.5. The molecule has 0 spiro atoms. The number of amides is 3. The van der Waals surface area contributed by atoms with Gasteiger partial charge in [0.25, 0.3) is 0 Å². The topological polar surface area (TPSA) is 154 Å². The van der Waals surface area contributed by atoms with E-state index >= 15 is 0 Å². The molecule has 0 aliphatic carbocycles. The van der Waals surface area contributed by atoms with Crippen molar-refractivity contribution in [2.45, 2.75) is 46.2 Å². The quantitative estimate of drug-likeness (QED) is 0.324. The first-order chi connectivity index (χ1) is 12.5. The predicted octanol–water partition coefficient (Wildman–Crippen LogP) is -0.894. The van der Waals surface area contributed by atoms with E-state index in [2.05, 4.69) is 20.1 Å². The zero-order valence-corrected chi connectivity index (χ0v) is 16.5. The number of hydrogen-bond acceptors (Lipinski definition) is 7. The van der Waals surface area contributed by atoms with Gasteiger partial charge in [-0.05, 0) is 12.3 Å². The molecular formula is C17H29N3O7. The smallest absolute Gasteiger partial charge is 0.320 e. The van der Waals surface area contributed by atoms with Crippen molar-refractivity contribution in [3.05, 3.63) is 0 Å². The Balaban J connectivity index is 5.59. The maximum atomic E-state index is 12.6. The molecular weight excluding hydrogens is 358 g/mol. The van der Waals surface area contributed by atoms with Crippen molar-refractivity contribution in [1.29, 1.82) is 0 Å². The fraction of sp³-hybridized carbons (Fsp3) is 0.706. The van der Waals surface area contributed by atoms with Crippen molar-refractivity contribution < 1.29 is 33.4 Å². The lowest BCUT2D eigenvalue weighted by Crippen LogP contribution is -2.57. The summed E-state index contributed by atoms with van der Waals surface area (Å²) < 4.78 is 9.16. The molecule has 0 rings (SSSR count). The van der Waals surface area contributed by atoms with Crippen LogP contribution in [0, 0.1) is 17.8 Å². The van der Waals surface area contributed by atoms with Crippen LogP contribution in [0.15, 0.2) is 0 Å². The number of rotatable bonds is 10. The molecule has 154 valence electrons. The summed E-state index contributed by atoms with van der Waals surface area (Å²) in [5, 5.41) is 4.93. The summed E-state index contributed by atoms with van der Waals surface area (Å²) in [6, 6.07) is -2.25. The molecule has 0 aromatic heterocycles. The Hall–Kier alpha value is -2.65. The summed E-state index contributed by atoms with van der Waals surface area (Å²) in [5.41, 5.74) is 5.36. The summed E-state index contributed by atoms with van der Waals surface area (Å²) in [7, 11) is 2.16. The van der Waals surface area contributed by atoms with Crippen molar-refractivity contribution in [3.8, 4) is 0 Å².